The van der Waals surface area contributed by atoms with Gasteiger partial charge in [0.1, 0.15) is 13.2 Å². The topological polar surface area (TPSA) is 78.9 Å². The van der Waals surface area contributed by atoms with Gasteiger partial charge in [-0.05, 0) is 44.9 Å². The van der Waals surface area contributed by atoms with Gasteiger partial charge in [-0.3, -0.25) is 14.4 Å². The quantitative estimate of drug-likeness (QED) is 0.0262. The van der Waals surface area contributed by atoms with Crippen LogP contribution in [0.2, 0.25) is 0 Å². The molecule has 376 valence electrons. The standard InChI is InChI=1S/C58H108O6/c1-4-7-10-13-16-19-21-23-24-25-26-27-28-29-30-31-32-33-34-36-37-39-42-45-48-51-57(60)63-54-55(53-62-56(59)50-47-44-41-18-15-12-9-6-3)64-58(61)52-49-46-43-40-38-35-22-20-17-14-11-8-5-2/h11,14,20,22,55H,4-10,12-13,15-19,21,23-54H2,1-3H3/b14-11-,22-20-. The third kappa shape index (κ3) is 50.9. The van der Waals surface area contributed by atoms with Gasteiger partial charge < -0.3 is 14.2 Å². The summed E-state index contributed by atoms with van der Waals surface area (Å²) < 4.78 is 16.8. The van der Waals surface area contributed by atoms with Crippen molar-refractivity contribution in [2.24, 2.45) is 0 Å². The van der Waals surface area contributed by atoms with Crippen molar-refractivity contribution in [3.63, 3.8) is 0 Å². The number of carbonyl (C=O) groups excluding carboxylic acids is 3. The summed E-state index contributed by atoms with van der Waals surface area (Å²) in [6.45, 7) is 6.57. The van der Waals surface area contributed by atoms with Crippen LogP contribution in [-0.4, -0.2) is 37.2 Å². The van der Waals surface area contributed by atoms with Crippen LogP contribution in [0.5, 0.6) is 0 Å². The second kappa shape index (κ2) is 53.5. The Kier molecular flexibility index (Phi) is 51.7. The molecule has 0 saturated carbocycles. The van der Waals surface area contributed by atoms with Crippen LogP contribution >= 0.6 is 0 Å². The van der Waals surface area contributed by atoms with Crippen LogP contribution in [0.1, 0.15) is 310 Å². The molecule has 0 bridgehead atoms. The van der Waals surface area contributed by atoms with Gasteiger partial charge in [0.15, 0.2) is 6.10 Å². The van der Waals surface area contributed by atoms with Crippen LogP contribution in [0.25, 0.3) is 0 Å². The van der Waals surface area contributed by atoms with E-state index in [1.807, 2.05) is 0 Å². The lowest BCUT2D eigenvalue weighted by Gasteiger charge is -2.18. The molecule has 0 aromatic heterocycles. The number of unbranched alkanes of at least 4 members (excludes halogenated alkanes) is 37. The van der Waals surface area contributed by atoms with Crippen LogP contribution in [0.3, 0.4) is 0 Å². The Morgan fingerprint density at radius 3 is 0.922 bits per heavy atom. The van der Waals surface area contributed by atoms with Crippen LogP contribution in [0.4, 0.5) is 0 Å². The van der Waals surface area contributed by atoms with Gasteiger partial charge in [0, 0.05) is 19.3 Å². The molecule has 64 heavy (non-hydrogen) atoms. The van der Waals surface area contributed by atoms with E-state index in [-0.39, 0.29) is 31.1 Å². The SMILES string of the molecule is CCC/C=C\C/C=C\CCCCCCCC(=O)OC(COC(=O)CCCCCCCCCC)COC(=O)CCCCCCCCCCCCCCCCCCCCCCCCCCC. The molecule has 0 amide bonds. The van der Waals surface area contributed by atoms with E-state index in [1.165, 1.54) is 180 Å². The summed E-state index contributed by atoms with van der Waals surface area (Å²) in [5.74, 6) is -0.876. The van der Waals surface area contributed by atoms with E-state index in [9.17, 15) is 14.4 Å². The Hall–Kier alpha value is -2.11. The fourth-order valence-corrected chi connectivity index (χ4v) is 8.42. The molecule has 0 saturated heterocycles. The highest BCUT2D eigenvalue weighted by Gasteiger charge is 2.19. The molecule has 6 nitrogen and oxygen atoms in total. The van der Waals surface area contributed by atoms with E-state index in [4.69, 9.17) is 14.2 Å². The minimum atomic E-state index is -0.772. The van der Waals surface area contributed by atoms with Gasteiger partial charge in [0.05, 0.1) is 0 Å². The molecule has 0 heterocycles. The second-order valence-electron chi connectivity index (χ2n) is 19.2. The van der Waals surface area contributed by atoms with Gasteiger partial charge in [-0.1, -0.05) is 270 Å². The van der Waals surface area contributed by atoms with Gasteiger partial charge in [0.2, 0.25) is 0 Å². The molecule has 6 heteroatoms. The van der Waals surface area contributed by atoms with Gasteiger partial charge in [-0.2, -0.15) is 0 Å². The van der Waals surface area contributed by atoms with Crippen LogP contribution in [-0.2, 0) is 28.6 Å². The van der Waals surface area contributed by atoms with Crippen LogP contribution in [0.15, 0.2) is 24.3 Å². The first-order chi connectivity index (χ1) is 31.5. The number of hydrogen-bond donors (Lipinski definition) is 0. The largest absolute Gasteiger partial charge is 0.462 e. The molecule has 0 rings (SSSR count). The minimum absolute atomic E-state index is 0.0725. The first-order valence-electron chi connectivity index (χ1n) is 28.3. The zero-order valence-electron chi connectivity index (χ0n) is 43.1. The average Bonchev–Trinajstić information content (AvgIpc) is 3.29. The number of rotatable bonds is 52. The Bertz CT molecular complexity index is 1040. The molecular weight excluding hydrogens is 793 g/mol. The fraction of sp³-hybridized carbons (Fsp3) is 0.879. The zero-order valence-corrected chi connectivity index (χ0v) is 43.1. The molecule has 0 aliphatic heterocycles. The molecule has 1 unspecified atom stereocenters. The zero-order chi connectivity index (χ0) is 46.5. The maximum atomic E-state index is 12.8. The summed E-state index contributed by atoms with van der Waals surface area (Å²) in [6, 6.07) is 0. The molecule has 0 aromatic carbocycles. The molecule has 0 aliphatic rings. The van der Waals surface area contributed by atoms with Gasteiger partial charge >= 0.3 is 17.9 Å². The minimum Gasteiger partial charge on any atom is -0.462 e. The van der Waals surface area contributed by atoms with E-state index in [0.717, 1.165) is 89.9 Å². The van der Waals surface area contributed by atoms with Crippen molar-refractivity contribution in [1.82, 2.24) is 0 Å². The summed E-state index contributed by atoms with van der Waals surface area (Å²) in [6.07, 6.45) is 62.0. The van der Waals surface area contributed by atoms with Gasteiger partial charge in [-0.25, -0.2) is 0 Å². The Morgan fingerprint density at radius 1 is 0.312 bits per heavy atom. The molecule has 0 aliphatic carbocycles. The van der Waals surface area contributed by atoms with Crippen molar-refractivity contribution in [2.45, 2.75) is 316 Å². The lowest BCUT2D eigenvalue weighted by molar-refractivity contribution is -0.167. The number of ether oxygens (including phenoxy) is 3. The van der Waals surface area contributed by atoms with Crippen molar-refractivity contribution < 1.29 is 28.6 Å². The predicted octanol–water partition coefficient (Wildman–Crippen LogP) is 18.7. The van der Waals surface area contributed by atoms with E-state index in [1.54, 1.807) is 0 Å². The summed E-state index contributed by atoms with van der Waals surface area (Å²) in [5.41, 5.74) is 0. The average molecular weight is 901 g/mol. The van der Waals surface area contributed by atoms with Gasteiger partial charge in [0.25, 0.3) is 0 Å². The lowest BCUT2D eigenvalue weighted by Crippen LogP contribution is -2.30. The molecule has 1 atom stereocenters. The predicted molar refractivity (Wildman–Crippen MR) is 275 cm³/mol. The first kappa shape index (κ1) is 61.9. The normalized spacial score (nSPS) is 12.1. The molecular formula is C58H108O6. The third-order valence-electron chi connectivity index (χ3n) is 12.7. The van der Waals surface area contributed by atoms with E-state index in [0.29, 0.717) is 19.3 Å². The molecule has 0 aromatic rings. The Morgan fingerprint density at radius 2 is 0.594 bits per heavy atom. The monoisotopic (exact) mass is 901 g/mol. The van der Waals surface area contributed by atoms with Crippen molar-refractivity contribution in [1.29, 1.82) is 0 Å². The highest BCUT2D eigenvalue weighted by molar-refractivity contribution is 5.71. The molecule has 0 radical (unpaired) electrons. The lowest BCUT2D eigenvalue weighted by atomic mass is 10.0. The van der Waals surface area contributed by atoms with E-state index in [2.05, 4.69) is 45.1 Å². The summed E-state index contributed by atoms with van der Waals surface area (Å²) in [4.78, 5) is 37.9. The number of esters is 3. The Balaban J connectivity index is 4.09. The first-order valence-corrected chi connectivity index (χ1v) is 28.3. The highest BCUT2D eigenvalue weighted by Crippen LogP contribution is 2.17. The smallest absolute Gasteiger partial charge is 0.306 e. The fourth-order valence-electron chi connectivity index (χ4n) is 8.42. The van der Waals surface area contributed by atoms with E-state index >= 15 is 0 Å². The van der Waals surface area contributed by atoms with Crippen LogP contribution < -0.4 is 0 Å². The molecule has 0 fully saturated rings. The van der Waals surface area contributed by atoms with Gasteiger partial charge in [-0.15, -0.1) is 0 Å². The van der Waals surface area contributed by atoms with Crippen molar-refractivity contribution in [3.05, 3.63) is 24.3 Å². The number of allylic oxidation sites excluding steroid dienone is 4. The summed E-state index contributed by atoms with van der Waals surface area (Å²) in [5, 5.41) is 0. The molecule has 0 spiro atoms. The highest BCUT2D eigenvalue weighted by atomic mass is 16.6. The van der Waals surface area contributed by atoms with Crippen molar-refractivity contribution in [2.75, 3.05) is 13.2 Å². The number of carbonyl (C=O) groups is 3. The summed E-state index contributed by atoms with van der Waals surface area (Å²) in [7, 11) is 0. The van der Waals surface area contributed by atoms with Crippen LogP contribution in [0, 0.1) is 0 Å². The van der Waals surface area contributed by atoms with Crippen molar-refractivity contribution in [3.8, 4) is 0 Å². The Labute approximate surface area is 398 Å². The molecule has 0 N–H and O–H groups in total. The number of hydrogen-bond acceptors (Lipinski definition) is 6. The van der Waals surface area contributed by atoms with Crippen molar-refractivity contribution >= 4 is 17.9 Å². The van der Waals surface area contributed by atoms with E-state index < -0.39 is 6.10 Å². The maximum absolute atomic E-state index is 12.8. The summed E-state index contributed by atoms with van der Waals surface area (Å²) >= 11 is 0. The maximum Gasteiger partial charge on any atom is 0.306 e. The third-order valence-corrected chi connectivity index (χ3v) is 12.7. The second-order valence-corrected chi connectivity index (χ2v) is 19.2.